The van der Waals surface area contributed by atoms with Gasteiger partial charge in [0.25, 0.3) is 0 Å². The molecule has 6 nitrogen and oxygen atoms in total. The molecule has 0 aliphatic carbocycles. The van der Waals surface area contributed by atoms with Gasteiger partial charge in [0.15, 0.2) is 5.96 Å². The van der Waals surface area contributed by atoms with Gasteiger partial charge in [-0.05, 0) is 25.0 Å². The summed E-state index contributed by atoms with van der Waals surface area (Å²) >= 11 is 0. The van der Waals surface area contributed by atoms with Crippen LogP contribution in [0.4, 0.5) is 18.9 Å². The van der Waals surface area contributed by atoms with Crippen LogP contribution in [-0.4, -0.2) is 50.9 Å². The number of alkyl halides is 3. The molecule has 0 aromatic heterocycles. The maximum Gasteiger partial charge on any atom is 0.411 e. The first kappa shape index (κ1) is 24.5. The molecule has 0 saturated heterocycles. The lowest BCUT2D eigenvalue weighted by molar-refractivity contribution is -0.173. The zero-order valence-electron chi connectivity index (χ0n) is 15.6. The van der Waals surface area contributed by atoms with Gasteiger partial charge in [0.2, 0.25) is 5.91 Å². The van der Waals surface area contributed by atoms with Crippen LogP contribution >= 0.6 is 24.0 Å². The Morgan fingerprint density at radius 3 is 2.79 bits per heavy atom. The fraction of sp³-hybridized carbons (Fsp3) is 0.556. The largest absolute Gasteiger partial charge is 0.411 e. The van der Waals surface area contributed by atoms with Gasteiger partial charge in [-0.15, -0.1) is 24.0 Å². The minimum atomic E-state index is -4.30. The van der Waals surface area contributed by atoms with E-state index >= 15 is 0 Å². The van der Waals surface area contributed by atoms with Gasteiger partial charge >= 0.3 is 6.18 Å². The third kappa shape index (κ3) is 8.63. The van der Waals surface area contributed by atoms with Crippen LogP contribution in [-0.2, 0) is 9.53 Å². The number of amides is 1. The Kier molecular flexibility index (Phi) is 10.6. The van der Waals surface area contributed by atoms with Crippen LogP contribution < -0.4 is 16.0 Å². The topological polar surface area (TPSA) is 74.8 Å². The first-order valence-electron chi connectivity index (χ1n) is 8.94. The number of hydrogen-bond donors (Lipinski definition) is 3. The molecule has 1 unspecified atom stereocenters. The van der Waals surface area contributed by atoms with E-state index in [1.54, 1.807) is 0 Å². The van der Waals surface area contributed by atoms with Crippen LogP contribution in [0, 0.1) is 0 Å². The molecular weight excluding hydrogens is 488 g/mol. The number of hydrogen-bond acceptors (Lipinski definition) is 3. The number of carbonyl (C=O) groups excluding carboxylic acids is 1. The number of nitrogens with zero attached hydrogens (tertiary/aromatic N) is 1. The van der Waals surface area contributed by atoms with Crippen molar-refractivity contribution in [1.29, 1.82) is 0 Å². The molecule has 1 aromatic carbocycles. The molecule has 1 aliphatic heterocycles. The number of guanidine groups is 1. The second-order valence-electron chi connectivity index (χ2n) is 6.20. The van der Waals surface area contributed by atoms with Crippen molar-refractivity contribution in [2.75, 3.05) is 38.2 Å². The summed E-state index contributed by atoms with van der Waals surface area (Å²) in [5.74, 6) is 0.519. The van der Waals surface area contributed by atoms with Crippen molar-refractivity contribution in [3.8, 4) is 0 Å². The zero-order valence-corrected chi connectivity index (χ0v) is 18.0. The molecule has 2 rings (SSSR count). The number of benzene rings is 1. The summed E-state index contributed by atoms with van der Waals surface area (Å²) in [6.45, 7) is 2.23. The van der Waals surface area contributed by atoms with Crippen LogP contribution in [0.5, 0.6) is 0 Å². The number of ether oxygens (including phenoxy) is 1. The van der Waals surface area contributed by atoms with E-state index in [1.165, 1.54) is 0 Å². The first-order valence-corrected chi connectivity index (χ1v) is 8.94. The SMILES string of the molecule is CCNC(=NCC1CC(=O)Nc2ccccc21)NCCCOCC(F)(F)F.I. The van der Waals surface area contributed by atoms with Crippen molar-refractivity contribution in [1.82, 2.24) is 10.6 Å². The quantitative estimate of drug-likeness (QED) is 0.216. The molecule has 1 aromatic rings. The molecular formula is C18H26F3IN4O2. The monoisotopic (exact) mass is 514 g/mol. The Morgan fingerprint density at radius 2 is 2.07 bits per heavy atom. The minimum Gasteiger partial charge on any atom is -0.372 e. The number of halogens is 4. The average molecular weight is 514 g/mol. The molecule has 0 radical (unpaired) electrons. The molecule has 1 amide bonds. The van der Waals surface area contributed by atoms with E-state index in [0.29, 0.717) is 38.4 Å². The van der Waals surface area contributed by atoms with Gasteiger partial charge in [-0.2, -0.15) is 13.2 Å². The highest BCUT2D eigenvalue weighted by Crippen LogP contribution is 2.31. The van der Waals surface area contributed by atoms with E-state index in [2.05, 4.69) is 25.7 Å². The fourth-order valence-corrected chi connectivity index (χ4v) is 2.78. The molecule has 10 heteroatoms. The van der Waals surface area contributed by atoms with Crippen molar-refractivity contribution in [2.24, 2.45) is 4.99 Å². The summed E-state index contributed by atoms with van der Waals surface area (Å²) in [6.07, 6.45) is -3.51. The number of aliphatic imine (C=N–C) groups is 1. The summed E-state index contributed by atoms with van der Waals surface area (Å²) < 4.78 is 40.6. The second kappa shape index (κ2) is 12.1. The Morgan fingerprint density at radius 1 is 1.32 bits per heavy atom. The van der Waals surface area contributed by atoms with Crippen molar-refractivity contribution in [3.05, 3.63) is 29.8 Å². The maximum absolute atomic E-state index is 12.0. The van der Waals surface area contributed by atoms with E-state index in [0.717, 1.165) is 11.3 Å². The summed E-state index contributed by atoms with van der Waals surface area (Å²) in [5.41, 5.74) is 1.87. The van der Waals surface area contributed by atoms with Crippen molar-refractivity contribution < 1.29 is 22.7 Å². The number of anilines is 1. The van der Waals surface area contributed by atoms with Crippen LogP contribution in [0.3, 0.4) is 0 Å². The van der Waals surface area contributed by atoms with E-state index in [9.17, 15) is 18.0 Å². The summed E-state index contributed by atoms with van der Waals surface area (Å²) in [5, 5.41) is 9.01. The number of carbonyl (C=O) groups is 1. The predicted molar refractivity (Wildman–Crippen MR) is 113 cm³/mol. The Balaban J connectivity index is 0.00000392. The molecule has 1 heterocycles. The molecule has 0 fully saturated rings. The van der Waals surface area contributed by atoms with Crippen LogP contribution in [0.2, 0.25) is 0 Å². The predicted octanol–water partition coefficient (Wildman–Crippen LogP) is 3.25. The Labute approximate surface area is 179 Å². The van der Waals surface area contributed by atoms with Crippen molar-refractivity contribution in [2.45, 2.75) is 31.9 Å². The molecule has 1 aliphatic rings. The lowest BCUT2D eigenvalue weighted by atomic mass is 9.91. The number of rotatable bonds is 8. The number of fused-ring (bicyclic) bond motifs is 1. The van der Waals surface area contributed by atoms with Crippen LogP contribution in [0.1, 0.15) is 31.2 Å². The lowest BCUT2D eigenvalue weighted by Gasteiger charge is -2.24. The highest BCUT2D eigenvalue weighted by atomic mass is 127. The zero-order chi connectivity index (χ0) is 19.7. The normalized spacial score (nSPS) is 16.6. The average Bonchev–Trinajstić information content (AvgIpc) is 2.61. The minimum absolute atomic E-state index is 0. The molecule has 0 saturated carbocycles. The van der Waals surface area contributed by atoms with Crippen LogP contribution in [0.15, 0.2) is 29.3 Å². The second-order valence-corrected chi connectivity index (χ2v) is 6.20. The van der Waals surface area contributed by atoms with Crippen LogP contribution in [0.25, 0.3) is 0 Å². The Hall–Kier alpha value is -1.56. The van der Waals surface area contributed by atoms with E-state index < -0.39 is 12.8 Å². The molecule has 28 heavy (non-hydrogen) atoms. The fourth-order valence-electron chi connectivity index (χ4n) is 2.78. The standard InChI is InChI=1S/C18H25F3N4O2.HI/c1-2-22-17(23-8-5-9-27-12-18(19,20)21)24-11-13-10-16(26)25-15-7-4-3-6-14(13)15;/h3-4,6-7,13H,2,5,8-12H2,1H3,(H,25,26)(H2,22,23,24);1H. The van der Waals surface area contributed by atoms with E-state index in [-0.39, 0.29) is 42.4 Å². The molecule has 1 atom stereocenters. The molecule has 0 spiro atoms. The van der Waals surface area contributed by atoms with Gasteiger partial charge in [-0.1, -0.05) is 18.2 Å². The highest BCUT2D eigenvalue weighted by Gasteiger charge is 2.27. The van der Waals surface area contributed by atoms with Gasteiger partial charge in [-0.25, -0.2) is 0 Å². The number of nitrogens with one attached hydrogen (secondary N) is 3. The molecule has 3 N–H and O–H groups in total. The summed E-state index contributed by atoms with van der Waals surface area (Å²) in [6, 6.07) is 7.65. The smallest absolute Gasteiger partial charge is 0.372 e. The van der Waals surface area contributed by atoms with Crippen molar-refractivity contribution in [3.63, 3.8) is 0 Å². The van der Waals surface area contributed by atoms with Gasteiger partial charge < -0.3 is 20.7 Å². The Bertz CT molecular complexity index is 656. The van der Waals surface area contributed by atoms with Gasteiger partial charge in [-0.3, -0.25) is 9.79 Å². The molecule has 158 valence electrons. The van der Waals surface area contributed by atoms with Gasteiger partial charge in [0, 0.05) is 37.7 Å². The van der Waals surface area contributed by atoms with Gasteiger partial charge in [0.05, 0.1) is 6.54 Å². The maximum atomic E-state index is 12.0. The van der Waals surface area contributed by atoms with E-state index in [1.807, 2.05) is 31.2 Å². The summed E-state index contributed by atoms with van der Waals surface area (Å²) in [4.78, 5) is 16.4. The lowest BCUT2D eigenvalue weighted by Crippen LogP contribution is -2.38. The highest BCUT2D eigenvalue weighted by molar-refractivity contribution is 14.0. The van der Waals surface area contributed by atoms with E-state index in [4.69, 9.17) is 0 Å². The molecule has 0 bridgehead atoms. The summed E-state index contributed by atoms with van der Waals surface area (Å²) in [7, 11) is 0. The first-order chi connectivity index (χ1) is 12.9. The van der Waals surface area contributed by atoms with Crippen molar-refractivity contribution >= 4 is 41.5 Å². The third-order valence-corrected chi connectivity index (χ3v) is 3.94. The third-order valence-electron chi connectivity index (χ3n) is 3.94. The van der Waals surface area contributed by atoms with Gasteiger partial charge in [0.1, 0.15) is 6.61 Å². The number of para-hydroxylation sites is 1.